The van der Waals surface area contributed by atoms with Gasteiger partial charge >= 0.3 is 0 Å². The van der Waals surface area contributed by atoms with Crippen LogP contribution in [-0.2, 0) is 11.2 Å². The average Bonchev–Trinajstić information content (AvgIpc) is 2.93. The first-order chi connectivity index (χ1) is 10.1. The van der Waals surface area contributed by atoms with Crippen LogP contribution < -0.4 is 10.1 Å². The minimum atomic E-state index is -0.103. The van der Waals surface area contributed by atoms with Crippen molar-refractivity contribution in [1.82, 2.24) is 5.32 Å². The molecule has 1 aromatic heterocycles. The summed E-state index contributed by atoms with van der Waals surface area (Å²) in [5.41, 5.74) is 2.26. The fourth-order valence-corrected chi connectivity index (χ4v) is 2.16. The monoisotopic (exact) mass is 287 g/mol. The molecule has 0 aliphatic carbocycles. The summed E-state index contributed by atoms with van der Waals surface area (Å²) in [6.45, 7) is 4.68. The maximum atomic E-state index is 11.7. The molecule has 2 rings (SSSR count). The van der Waals surface area contributed by atoms with Crippen LogP contribution in [0.15, 0.2) is 41.0 Å². The second kappa shape index (κ2) is 7.53. The quantitative estimate of drug-likeness (QED) is 0.796. The number of benzene rings is 1. The number of ether oxygens (including phenoxy) is 1. The van der Waals surface area contributed by atoms with Crippen LogP contribution in [0.2, 0.25) is 0 Å². The Labute approximate surface area is 125 Å². The van der Waals surface area contributed by atoms with Crippen molar-refractivity contribution in [2.45, 2.75) is 26.7 Å². The molecule has 1 aromatic carbocycles. The van der Waals surface area contributed by atoms with E-state index >= 15 is 0 Å². The zero-order valence-electron chi connectivity index (χ0n) is 12.5. The van der Waals surface area contributed by atoms with E-state index in [1.54, 1.807) is 6.26 Å². The van der Waals surface area contributed by atoms with E-state index in [0.717, 1.165) is 35.5 Å². The number of nitrogens with one attached hydrogen (secondary N) is 1. The smallest absolute Gasteiger partial charge is 0.257 e. The molecule has 0 saturated carbocycles. The lowest BCUT2D eigenvalue weighted by Gasteiger charge is -2.08. The zero-order chi connectivity index (χ0) is 15.1. The Bertz CT molecular complexity index is 555. The van der Waals surface area contributed by atoms with Crippen molar-refractivity contribution in [3.05, 3.63) is 53.5 Å². The zero-order valence-corrected chi connectivity index (χ0v) is 12.5. The van der Waals surface area contributed by atoms with E-state index in [9.17, 15) is 4.79 Å². The summed E-state index contributed by atoms with van der Waals surface area (Å²) in [6.07, 6.45) is 3.33. The summed E-state index contributed by atoms with van der Waals surface area (Å²) >= 11 is 0. The number of hydrogen-bond donors (Lipinski definition) is 1. The van der Waals surface area contributed by atoms with Crippen LogP contribution in [0.4, 0.5) is 0 Å². The lowest BCUT2D eigenvalue weighted by molar-refractivity contribution is -0.123. The standard InChI is InChI=1S/C17H21NO3/c1-13-9-14(2)11-16(10-13)21-12-17(19)18-7-3-5-15-6-4-8-20-15/h4,6,8-11H,3,5,7,12H2,1-2H3,(H,18,19). The Morgan fingerprint density at radius 1 is 1.24 bits per heavy atom. The lowest BCUT2D eigenvalue weighted by atomic mass is 10.1. The molecule has 0 bridgehead atoms. The fraction of sp³-hybridized carbons (Fsp3) is 0.353. The molecule has 2 aromatic rings. The molecule has 1 amide bonds. The summed E-state index contributed by atoms with van der Waals surface area (Å²) in [7, 11) is 0. The molecule has 0 aliphatic heterocycles. The van der Waals surface area contributed by atoms with Gasteiger partial charge in [-0.25, -0.2) is 0 Å². The SMILES string of the molecule is Cc1cc(C)cc(OCC(=O)NCCCc2ccco2)c1. The minimum Gasteiger partial charge on any atom is -0.484 e. The largest absolute Gasteiger partial charge is 0.484 e. The second-order valence-corrected chi connectivity index (χ2v) is 5.14. The fourth-order valence-electron chi connectivity index (χ4n) is 2.16. The van der Waals surface area contributed by atoms with Gasteiger partial charge in [0.1, 0.15) is 11.5 Å². The van der Waals surface area contributed by atoms with Gasteiger partial charge in [0.25, 0.3) is 5.91 Å². The van der Waals surface area contributed by atoms with E-state index in [1.807, 2.05) is 38.1 Å². The Balaban J connectivity index is 1.65. The van der Waals surface area contributed by atoms with E-state index in [-0.39, 0.29) is 12.5 Å². The highest BCUT2D eigenvalue weighted by Crippen LogP contribution is 2.15. The van der Waals surface area contributed by atoms with Crippen LogP contribution in [0.5, 0.6) is 5.75 Å². The third-order valence-electron chi connectivity index (χ3n) is 3.07. The van der Waals surface area contributed by atoms with Crippen LogP contribution in [-0.4, -0.2) is 19.1 Å². The van der Waals surface area contributed by atoms with Crippen LogP contribution >= 0.6 is 0 Å². The number of aryl methyl sites for hydroxylation is 3. The molecule has 0 saturated heterocycles. The Kier molecular flexibility index (Phi) is 5.43. The number of amides is 1. The van der Waals surface area contributed by atoms with E-state index in [0.29, 0.717) is 6.54 Å². The van der Waals surface area contributed by atoms with Crippen LogP contribution in [0.3, 0.4) is 0 Å². The van der Waals surface area contributed by atoms with Crippen molar-refractivity contribution in [3.8, 4) is 5.75 Å². The molecule has 0 aliphatic rings. The molecular weight excluding hydrogens is 266 g/mol. The number of furan rings is 1. The van der Waals surface area contributed by atoms with Gasteiger partial charge in [0.05, 0.1) is 6.26 Å². The Morgan fingerprint density at radius 3 is 2.67 bits per heavy atom. The molecule has 1 heterocycles. The van der Waals surface area contributed by atoms with Crippen molar-refractivity contribution < 1.29 is 13.9 Å². The van der Waals surface area contributed by atoms with Crippen molar-refractivity contribution in [2.24, 2.45) is 0 Å². The topological polar surface area (TPSA) is 51.5 Å². The van der Waals surface area contributed by atoms with Gasteiger partial charge in [-0.2, -0.15) is 0 Å². The highest BCUT2D eigenvalue weighted by Gasteiger charge is 2.03. The van der Waals surface area contributed by atoms with Gasteiger partial charge in [0.2, 0.25) is 0 Å². The van der Waals surface area contributed by atoms with Gasteiger partial charge in [0.15, 0.2) is 6.61 Å². The van der Waals surface area contributed by atoms with Crippen LogP contribution in [0, 0.1) is 13.8 Å². The molecule has 112 valence electrons. The van der Waals surface area contributed by atoms with Gasteiger partial charge in [-0.3, -0.25) is 4.79 Å². The van der Waals surface area contributed by atoms with Gasteiger partial charge in [-0.05, 0) is 55.7 Å². The number of carbonyl (C=O) groups is 1. The molecule has 4 nitrogen and oxygen atoms in total. The van der Waals surface area contributed by atoms with Crippen molar-refractivity contribution in [1.29, 1.82) is 0 Å². The Hall–Kier alpha value is -2.23. The highest BCUT2D eigenvalue weighted by atomic mass is 16.5. The number of carbonyl (C=O) groups excluding carboxylic acids is 1. The normalized spacial score (nSPS) is 10.4. The van der Waals surface area contributed by atoms with E-state index < -0.39 is 0 Å². The molecule has 0 radical (unpaired) electrons. The molecule has 0 spiro atoms. The molecule has 21 heavy (non-hydrogen) atoms. The van der Waals surface area contributed by atoms with Crippen molar-refractivity contribution in [2.75, 3.05) is 13.2 Å². The van der Waals surface area contributed by atoms with E-state index in [4.69, 9.17) is 9.15 Å². The van der Waals surface area contributed by atoms with Gasteiger partial charge in [-0.1, -0.05) is 6.07 Å². The summed E-state index contributed by atoms with van der Waals surface area (Å²) in [4.78, 5) is 11.7. The first-order valence-corrected chi connectivity index (χ1v) is 7.13. The van der Waals surface area contributed by atoms with E-state index in [2.05, 4.69) is 11.4 Å². The van der Waals surface area contributed by atoms with Crippen molar-refractivity contribution in [3.63, 3.8) is 0 Å². The molecular formula is C17H21NO3. The minimum absolute atomic E-state index is 0.0453. The summed E-state index contributed by atoms with van der Waals surface area (Å²) in [5.74, 6) is 1.57. The summed E-state index contributed by atoms with van der Waals surface area (Å²) in [6, 6.07) is 9.73. The summed E-state index contributed by atoms with van der Waals surface area (Å²) in [5, 5.41) is 2.84. The third-order valence-corrected chi connectivity index (χ3v) is 3.07. The van der Waals surface area contributed by atoms with E-state index in [1.165, 1.54) is 0 Å². The predicted octanol–water partition coefficient (Wildman–Crippen LogP) is 3.02. The summed E-state index contributed by atoms with van der Waals surface area (Å²) < 4.78 is 10.7. The molecule has 0 fully saturated rings. The molecule has 1 N–H and O–H groups in total. The molecule has 0 unspecified atom stereocenters. The van der Waals surface area contributed by atoms with Gasteiger partial charge in [-0.15, -0.1) is 0 Å². The number of hydrogen-bond acceptors (Lipinski definition) is 3. The van der Waals surface area contributed by atoms with Crippen LogP contribution in [0.1, 0.15) is 23.3 Å². The van der Waals surface area contributed by atoms with Gasteiger partial charge in [0, 0.05) is 13.0 Å². The predicted molar refractivity (Wildman–Crippen MR) is 81.4 cm³/mol. The second-order valence-electron chi connectivity index (χ2n) is 5.14. The molecule has 4 heteroatoms. The number of rotatable bonds is 7. The lowest BCUT2D eigenvalue weighted by Crippen LogP contribution is -2.29. The van der Waals surface area contributed by atoms with Gasteiger partial charge < -0.3 is 14.5 Å². The van der Waals surface area contributed by atoms with Crippen molar-refractivity contribution >= 4 is 5.91 Å². The third kappa shape index (κ3) is 5.34. The average molecular weight is 287 g/mol. The van der Waals surface area contributed by atoms with Crippen LogP contribution in [0.25, 0.3) is 0 Å². The highest BCUT2D eigenvalue weighted by molar-refractivity contribution is 5.77. The maximum absolute atomic E-state index is 11.7. The first-order valence-electron chi connectivity index (χ1n) is 7.13. The first kappa shape index (κ1) is 15.2. The molecule has 0 atom stereocenters. The Morgan fingerprint density at radius 2 is 2.00 bits per heavy atom. The maximum Gasteiger partial charge on any atom is 0.257 e.